The van der Waals surface area contributed by atoms with Crippen LogP contribution < -0.4 is 5.32 Å². The van der Waals surface area contributed by atoms with Gasteiger partial charge in [-0.05, 0) is 41.4 Å². The van der Waals surface area contributed by atoms with Crippen LogP contribution in [-0.4, -0.2) is 38.5 Å². The Bertz CT molecular complexity index is 1040. The normalized spacial score (nSPS) is 10.8. The zero-order valence-corrected chi connectivity index (χ0v) is 18.1. The van der Waals surface area contributed by atoms with Gasteiger partial charge in [-0.15, -0.1) is 0 Å². The van der Waals surface area contributed by atoms with E-state index in [4.69, 9.17) is 4.74 Å². The number of halogens is 1. The van der Waals surface area contributed by atoms with Gasteiger partial charge in [0.15, 0.2) is 0 Å². The van der Waals surface area contributed by atoms with E-state index in [0.717, 1.165) is 15.7 Å². The number of hydrogen-bond donors (Lipinski definition) is 1. The summed E-state index contributed by atoms with van der Waals surface area (Å²) in [6.07, 6.45) is 3.80. The topological polar surface area (TPSA) is 91.0 Å². The molecule has 29 heavy (non-hydrogen) atoms. The van der Waals surface area contributed by atoms with Gasteiger partial charge in [-0.1, -0.05) is 18.2 Å². The molecule has 0 saturated heterocycles. The number of rotatable bonds is 7. The summed E-state index contributed by atoms with van der Waals surface area (Å²) in [5.74, 6) is -0.502. The second-order valence-corrected chi connectivity index (χ2v) is 7.49. The van der Waals surface area contributed by atoms with E-state index in [1.807, 2.05) is 32.2 Å². The second kappa shape index (κ2) is 9.04. The number of anilines is 1. The number of methoxy groups -OCH3 is 1. The minimum absolute atomic E-state index is 0.114. The molecule has 0 aliphatic carbocycles. The third-order valence-corrected chi connectivity index (χ3v) is 4.97. The Morgan fingerprint density at radius 2 is 2.00 bits per heavy atom. The second-order valence-electron chi connectivity index (χ2n) is 6.57. The Hall–Kier alpha value is -2.94. The van der Waals surface area contributed by atoms with Gasteiger partial charge in [0.05, 0.1) is 47.0 Å². The highest BCUT2D eigenvalue weighted by Gasteiger charge is 2.17. The van der Waals surface area contributed by atoms with Gasteiger partial charge in [-0.25, -0.2) is 4.79 Å². The first kappa shape index (κ1) is 20.8. The van der Waals surface area contributed by atoms with Crippen molar-refractivity contribution in [3.8, 4) is 0 Å². The first-order valence-corrected chi connectivity index (χ1v) is 9.86. The summed E-state index contributed by atoms with van der Waals surface area (Å²) in [5.41, 5.74) is 3.52. The zero-order chi connectivity index (χ0) is 21.0. The molecule has 0 bridgehead atoms. The van der Waals surface area contributed by atoms with Crippen LogP contribution in [0.25, 0.3) is 0 Å². The molecule has 1 aromatic carbocycles. The number of nitrogens with one attached hydrogen (secondary N) is 1. The number of ether oxygens (including phenoxy) is 1. The van der Waals surface area contributed by atoms with Gasteiger partial charge in [-0.2, -0.15) is 10.2 Å². The van der Waals surface area contributed by atoms with Crippen molar-refractivity contribution in [1.82, 2.24) is 19.6 Å². The van der Waals surface area contributed by atoms with E-state index in [1.165, 1.54) is 7.11 Å². The van der Waals surface area contributed by atoms with E-state index in [2.05, 4.69) is 31.4 Å². The predicted molar refractivity (Wildman–Crippen MR) is 112 cm³/mol. The van der Waals surface area contributed by atoms with E-state index < -0.39 is 0 Å². The summed E-state index contributed by atoms with van der Waals surface area (Å²) in [6, 6.07) is 7.25. The van der Waals surface area contributed by atoms with Crippen LogP contribution in [0.2, 0.25) is 0 Å². The van der Waals surface area contributed by atoms with Gasteiger partial charge in [0.25, 0.3) is 0 Å². The molecule has 0 aliphatic heterocycles. The fraction of sp³-hybridized carbons (Fsp3) is 0.300. The van der Waals surface area contributed by atoms with Crippen LogP contribution in [0.4, 0.5) is 5.69 Å². The molecule has 2 heterocycles. The third kappa shape index (κ3) is 4.92. The molecule has 9 heteroatoms. The lowest BCUT2D eigenvalue weighted by molar-refractivity contribution is -0.116. The fourth-order valence-electron chi connectivity index (χ4n) is 3.04. The maximum Gasteiger partial charge on any atom is 0.338 e. The van der Waals surface area contributed by atoms with Crippen LogP contribution in [0.1, 0.15) is 33.7 Å². The maximum absolute atomic E-state index is 12.4. The number of carbonyl (C=O) groups excluding carboxylic acids is 2. The zero-order valence-electron chi connectivity index (χ0n) is 16.5. The summed E-state index contributed by atoms with van der Waals surface area (Å²) >= 11 is 3.34. The van der Waals surface area contributed by atoms with Crippen molar-refractivity contribution in [3.63, 3.8) is 0 Å². The molecule has 0 fully saturated rings. The molecule has 0 radical (unpaired) electrons. The molecule has 0 aliphatic rings. The molecule has 152 valence electrons. The van der Waals surface area contributed by atoms with Crippen LogP contribution in [0, 0.1) is 13.8 Å². The molecule has 8 nitrogen and oxygen atoms in total. The third-order valence-electron chi connectivity index (χ3n) is 4.56. The van der Waals surface area contributed by atoms with Crippen molar-refractivity contribution < 1.29 is 14.3 Å². The first-order valence-electron chi connectivity index (χ1n) is 9.07. The molecule has 0 unspecified atom stereocenters. The molecule has 0 saturated carbocycles. The van der Waals surface area contributed by atoms with Crippen molar-refractivity contribution in [2.75, 3.05) is 12.4 Å². The SMILES string of the molecule is COC(=O)c1ccccc1Cn1nc(C)c(NC(=O)CCn2cc(Br)cn2)c1C. The van der Waals surface area contributed by atoms with E-state index in [0.29, 0.717) is 36.5 Å². The van der Waals surface area contributed by atoms with Gasteiger partial charge >= 0.3 is 5.97 Å². The van der Waals surface area contributed by atoms with Crippen molar-refractivity contribution in [2.45, 2.75) is 33.4 Å². The fourth-order valence-corrected chi connectivity index (χ4v) is 3.37. The van der Waals surface area contributed by atoms with E-state index in [9.17, 15) is 9.59 Å². The average molecular weight is 460 g/mol. The smallest absolute Gasteiger partial charge is 0.338 e. The molecule has 3 rings (SSSR count). The van der Waals surface area contributed by atoms with Gasteiger partial charge in [0.1, 0.15) is 0 Å². The lowest BCUT2D eigenvalue weighted by Crippen LogP contribution is -2.16. The van der Waals surface area contributed by atoms with Crippen molar-refractivity contribution in [1.29, 1.82) is 0 Å². The van der Waals surface area contributed by atoms with Crippen LogP contribution in [0.3, 0.4) is 0 Å². The van der Waals surface area contributed by atoms with Crippen LogP contribution in [-0.2, 0) is 22.6 Å². The summed E-state index contributed by atoms with van der Waals surface area (Å²) in [4.78, 5) is 24.4. The summed E-state index contributed by atoms with van der Waals surface area (Å²) < 4.78 is 9.21. The molecular formula is C20H22BrN5O3. The summed E-state index contributed by atoms with van der Waals surface area (Å²) in [6.45, 7) is 4.61. The maximum atomic E-state index is 12.4. The van der Waals surface area contributed by atoms with Crippen molar-refractivity contribution in [3.05, 3.63) is 63.6 Å². The number of aryl methyl sites for hydroxylation is 2. The molecule has 1 amide bonds. The molecule has 0 spiro atoms. The number of carbonyl (C=O) groups is 2. The predicted octanol–water partition coefficient (Wildman–Crippen LogP) is 3.32. The average Bonchev–Trinajstić information content (AvgIpc) is 3.24. The summed E-state index contributed by atoms with van der Waals surface area (Å²) in [7, 11) is 1.36. The number of esters is 1. The Labute approximate surface area is 177 Å². The van der Waals surface area contributed by atoms with Gasteiger partial charge in [0, 0.05) is 19.2 Å². The highest BCUT2D eigenvalue weighted by atomic mass is 79.9. The lowest BCUT2D eigenvalue weighted by atomic mass is 10.1. The Kier molecular flexibility index (Phi) is 6.48. The van der Waals surface area contributed by atoms with Crippen molar-refractivity contribution in [2.24, 2.45) is 0 Å². The largest absolute Gasteiger partial charge is 0.465 e. The monoisotopic (exact) mass is 459 g/mol. The Morgan fingerprint density at radius 3 is 2.69 bits per heavy atom. The quantitative estimate of drug-likeness (QED) is 0.547. The van der Waals surface area contributed by atoms with E-state index in [1.54, 1.807) is 27.7 Å². The minimum Gasteiger partial charge on any atom is -0.465 e. The van der Waals surface area contributed by atoms with Crippen LogP contribution in [0.5, 0.6) is 0 Å². The molecular weight excluding hydrogens is 438 g/mol. The molecule has 2 aromatic heterocycles. The Morgan fingerprint density at radius 1 is 1.24 bits per heavy atom. The molecule has 3 aromatic rings. The number of aromatic nitrogens is 4. The number of hydrogen-bond acceptors (Lipinski definition) is 5. The minimum atomic E-state index is -0.388. The number of nitrogens with zero attached hydrogens (tertiary/aromatic N) is 4. The first-order chi connectivity index (χ1) is 13.9. The number of amides is 1. The lowest BCUT2D eigenvalue weighted by Gasteiger charge is -2.10. The van der Waals surface area contributed by atoms with E-state index in [-0.39, 0.29) is 11.9 Å². The number of benzene rings is 1. The highest BCUT2D eigenvalue weighted by molar-refractivity contribution is 9.10. The standard InChI is InChI=1S/C20H22BrN5O3/c1-13-19(23-18(27)8-9-25-12-16(21)10-22-25)14(2)26(24-13)11-15-6-4-5-7-17(15)20(28)29-3/h4-7,10,12H,8-9,11H2,1-3H3,(H,23,27). The Balaban J connectivity index is 1.72. The summed E-state index contributed by atoms with van der Waals surface area (Å²) in [5, 5.41) is 11.6. The molecule has 1 N–H and O–H groups in total. The van der Waals surface area contributed by atoms with Gasteiger partial charge in [0.2, 0.25) is 5.91 Å². The van der Waals surface area contributed by atoms with Gasteiger partial charge < -0.3 is 10.1 Å². The van der Waals surface area contributed by atoms with Crippen LogP contribution >= 0.6 is 15.9 Å². The van der Waals surface area contributed by atoms with E-state index >= 15 is 0 Å². The highest BCUT2D eigenvalue weighted by Crippen LogP contribution is 2.22. The van der Waals surface area contributed by atoms with Crippen LogP contribution in [0.15, 0.2) is 41.1 Å². The van der Waals surface area contributed by atoms with Gasteiger partial charge in [-0.3, -0.25) is 14.2 Å². The van der Waals surface area contributed by atoms with Crippen molar-refractivity contribution >= 4 is 33.5 Å². The molecule has 0 atom stereocenters.